The van der Waals surface area contributed by atoms with E-state index in [-0.39, 0.29) is 18.5 Å². The van der Waals surface area contributed by atoms with Gasteiger partial charge in [0.25, 0.3) is 0 Å². The van der Waals surface area contributed by atoms with Gasteiger partial charge in [0.05, 0.1) is 6.04 Å². The van der Waals surface area contributed by atoms with Crippen molar-refractivity contribution in [3.63, 3.8) is 0 Å². The average Bonchev–Trinajstić information content (AvgIpc) is 3.28. The van der Waals surface area contributed by atoms with Crippen molar-refractivity contribution < 1.29 is 9.13 Å². The van der Waals surface area contributed by atoms with Gasteiger partial charge in [0.15, 0.2) is 5.82 Å². The van der Waals surface area contributed by atoms with Gasteiger partial charge < -0.3 is 10.1 Å². The molecule has 1 aromatic heterocycles. The van der Waals surface area contributed by atoms with Crippen LogP contribution in [0.4, 0.5) is 10.1 Å². The fourth-order valence-electron chi connectivity index (χ4n) is 4.17. The predicted octanol–water partition coefficient (Wildman–Crippen LogP) is 4.84. The summed E-state index contributed by atoms with van der Waals surface area (Å²) in [5, 5.41) is 16.3. The molecule has 0 radical (unpaired) electrons. The Kier molecular flexibility index (Phi) is 6.46. The minimum absolute atomic E-state index is 0.160. The summed E-state index contributed by atoms with van der Waals surface area (Å²) >= 11 is 0. The van der Waals surface area contributed by atoms with E-state index in [0.717, 1.165) is 29.7 Å². The second-order valence-electron chi connectivity index (χ2n) is 7.84. The normalized spacial score (nSPS) is 15.3. The number of terminal acetylenes is 1. The second-order valence-corrected chi connectivity index (χ2v) is 7.84. The number of anilines is 1. The van der Waals surface area contributed by atoms with Gasteiger partial charge in [-0.2, -0.15) is 0 Å². The number of hydrogen-bond acceptors (Lipinski definition) is 5. The van der Waals surface area contributed by atoms with Gasteiger partial charge in [-0.05, 0) is 60.0 Å². The largest absolute Gasteiger partial charge is 0.481 e. The van der Waals surface area contributed by atoms with E-state index in [2.05, 4.69) is 26.8 Å². The van der Waals surface area contributed by atoms with E-state index >= 15 is 0 Å². The number of benzene rings is 2. The highest BCUT2D eigenvalue weighted by molar-refractivity contribution is 5.55. The highest BCUT2D eigenvalue weighted by Gasteiger charge is 2.28. The smallest absolute Gasteiger partial charge is 0.178 e. The monoisotopic (exact) mass is 419 g/mol. The van der Waals surface area contributed by atoms with Crippen molar-refractivity contribution >= 4 is 5.69 Å². The van der Waals surface area contributed by atoms with Crippen LogP contribution >= 0.6 is 0 Å². The van der Waals surface area contributed by atoms with Crippen molar-refractivity contribution in [1.82, 2.24) is 20.2 Å². The molecule has 1 aliphatic rings. The number of tetrazole rings is 1. The van der Waals surface area contributed by atoms with Crippen molar-refractivity contribution in [3.05, 3.63) is 65.2 Å². The summed E-state index contributed by atoms with van der Waals surface area (Å²) in [5.41, 5.74) is 2.47. The molecule has 1 fully saturated rings. The topological polar surface area (TPSA) is 64.9 Å². The first-order valence-electron chi connectivity index (χ1n) is 10.6. The Balaban J connectivity index is 1.78. The first-order chi connectivity index (χ1) is 15.2. The maximum Gasteiger partial charge on any atom is 0.178 e. The summed E-state index contributed by atoms with van der Waals surface area (Å²) in [6.07, 6.45) is 11.1. The fraction of sp³-hybridized carbons (Fsp3) is 0.375. The molecule has 4 rings (SSSR count). The van der Waals surface area contributed by atoms with E-state index in [0.29, 0.717) is 11.6 Å². The maximum absolute atomic E-state index is 13.7. The predicted molar refractivity (Wildman–Crippen MR) is 117 cm³/mol. The lowest BCUT2D eigenvalue weighted by molar-refractivity contribution is 0.314. The fourth-order valence-corrected chi connectivity index (χ4v) is 4.17. The van der Waals surface area contributed by atoms with Crippen LogP contribution < -0.4 is 10.1 Å². The molecule has 31 heavy (non-hydrogen) atoms. The van der Waals surface area contributed by atoms with Crippen molar-refractivity contribution in [2.45, 2.75) is 51.1 Å². The lowest BCUT2D eigenvalue weighted by atomic mass is 9.95. The van der Waals surface area contributed by atoms with E-state index in [1.807, 2.05) is 35.9 Å². The Hall–Kier alpha value is -3.40. The van der Waals surface area contributed by atoms with Crippen LogP contribution in [0.1, 0.15) is 61.1 Å². The number of halogens is 1. The van der Waals surface area contributed by atoms with E-state index < -0.39 is 6.04 Å². The van der Waals surface area contributed by atoms with Crippen molar-refractivity contribution in [1.29, 1.82) is 0 Å². The molecule has 1 N–H and O–H groups in total. The molecule has 1 saturated carbocycles. The van der Waals surface area contributed by atoms with Crippen LogP contribution in [0.15, 0.2) is 42.5 Å². The number of nitrogens with zero attached hydrogens (tertiary/aromatic N) is 4. The van der Waals surface area contributed by atoms with Gasteiger partial charge in [0, 0.05) is 11.3 Å². The SMILES string of the molecule is C#CCOc1ccccc1C(Nc1ccc(F)cc1C)c1nnnn1C1CCCCC1. The standard InChI is InChI=1S/C24H26FN5O/c1-3-15-31-22-12-8-7-11-20(22)23(26-21-14-13-18(25)16-17(21)2)24-27-28-29-30(24)19-9-5-4-6-10-19/h1,7-8,11-14,16,19,23,26H,4-6,9-10,15H2,2H3. The molecule has 160 valence electrons. The molecule has 0 saturated heterocycles. The molecule has 2 aromatic carbocycles. The third-order valence-electron chi connectivity index (χ3n) is 5.73. The quantitative estimate of drug-likeness (QED) is 0.555. The lowest BCUT2D eigenvalue weighted by Crippen LogP contribution is -2.23. The van der Waals surface area contributed by atoms with Gasteiger partial charge >= 0.3 is 0 Å². The highest BCUT2D eigenvalue weighted by Crippen LogP contribution is 2.36. The van der Waals surface area contributed by atoms with Crippen LogP contribution in [0.25, 0.3) is 0 Å². The van der Waals surface area contributed by atoms with Gasteiger partial charge in [0.1, 0.15) is 24.2 Å². The molecule has 7 heteroatoms. The van der Waals surface area contributed by atoms with Crippen molar-refractivity contribution in [2.75, 3.05) is 11.9 Å². The molecule has 0 aliphatic heterocycles. The Labute approximate surface area is 181 Å². The van der Waals surface area contributed by atoms with Crippen LogP contribution in [0.3, 0.4) is 0 Å². The van der Waals surface area contributed by atoms with E-state index in [9.17, 15) is 4.39 Å². The number of aromatic nitrogens is 4. The number of rotatable bonds is 7. The minimum atomic E-state index is -0.393. The maximum atomic E-state index is 13.7. The molecule has 1 atom stereocenters. The van der Waals surface area contributed by atoms with E-state index in [1.54, 1.807) is 6.07 Å². The molecule has 0 amide bonds. The number of aryl methyl sites for hydroxylation is 1. The molecular formula is C24H26FN5O. The summed E-state index contributed by atoms with van der Waals surface area (Å²) in [5.74, 6) is 3.61. The van der Waals surface area contributed by atoms with Gasteiger partial charge in [-0.25, -0.2) is 9.07 Å². The molecule has 0 bridgehead atoms. The molecule has 0 spiro atoms. The Morgan fingerprint density at radius 3 is 2.81 bits per heavy atom. The molecule has 1 heterocycles. The first kappa shape index (κ1) is 20.9. The van der Waals surface area contributed by atoms with Crippen molar-refractivity contribution in [2.24, 2.45) is 0 Å². The van der Waals surface area contributed by atoms with Crippen LogP contribution in [0, 0.1) is 25.1 Å². The molecule has 1 unspecified atom stereocenters. The van der Waals surface area contributed by atoms with Gasteiger partial charge in [-0.15, -0.1) is 11.5 Å². The zero-order chi connectivity index (χ0) is 21.6. The Morgan fingerprint density at radius 2 is 2.03 bits per heavy atom. The van der Waals surface area contributed by atoms with E-state index in [4.69, 9.17) is 11.2 Å². The summed E-state index contributed by atoms with van der Waals surface area (Å²) < 4.78 is 21.5. The summed E-state index contributed by atoms with van der Waals surface area (Å²) in [4.78, 5) is 0. The third-order valence-corrected chi connectivity index (χ3v) is 5.73. The number of hydrogen-bond donors (Lipinski definition) is 1. The third kappa shape index (κ3) is 4.69. The molecule has 6 nitrogen and oxygen atoms in total. The minimum Gasteiger partial charge on any atom is -0.481 e. The average molecular weight is 420 g/mol. The van der Waals surface area contributed by atoms with Crippen LogP contribution in [0.2, 0.25) is 0 Å². The summed E-state index contributed by atoms with van der Waals surface area (Å²) in [6, 6.07) is 12.2. The molecule has 3 aromatic rings. The number of para-hydroxylation sites is 1. The Bertz CT molecular complexity index is 1070. The van der Waals surface area contributed by atoms with Gasteiger partial charge in [-0.1, -0.05) is 43.4 Å². The Morgan fingerprint density at radius 1 is 1.23 bits per heavy atom. The van der Waals surface area contributed by atoms with E-state index in [1.165, 1.54) is 31.4 Å². The lowest BCUT2D eigenvalue weighted by Gasteiger charge is -2.27. The highest BCUT2D eigenvalue weighted by atomic mass is 19.1. The van der Waals surface area contributed by atoms with Gasteiger partial charge in [-0.3, -0.25) is 0 Å². The van der Waals surface area contributed by atoms with Crippen molar-refractivity contribution in [3.8, 4) is 18.1 Å². The summed E-state index contributed by atoms with van der Waals surface area (Å²) in [6.45, 7) is 2.03. The van der Waals surface area contributed by atoms with Crippen LogP contribution in [0.5, 0.6) is 5.75 Å². The molecule has 1 aliphatic carbocycles. The first-order valence-corrected chi connectivity index (χ1v) is 10.6. The number of ether oxygens (including phenoxy) is 1. The zero-order valence-electron chi connectivity index (χ0n) is 17.6. The number of nitrogens with one attached hydrogen (secondary N) is 1. The van der Waals surface area contributed by atoms with Gasteiger partial charge in [0.2, 0.25) is 0 Å². The summed E-state index contributed by atoms with van der Waals surface area (Å²) in [7, 11) is 0. The molecular weight excluding hydrogens is 393 g/mol. The zero-order valence-corrected chi connectivity index (χ0v) is 17.6. The second kappa shape index (κ2) is 9.61. The van der Waals surface area contributed by atoms with Crippen LogP contribution in [-0.4, -0.2) is 26.8 Å². The van der Waals surface area contributed by atoms with Crippen LogP contribution in [-0.2, 0) is 0 Å².